The molecule has 1 unspecified atom stereocenters. The Morgan fingerprint density at radius 2 is 2.09 bits per heavy atom. The molecule has 0 aromatic carbocycles. The number of carbonyl (C=O) groups excluding carboxylic acids is 2. The number of ketones is 2. The Hall–Kier alpha value is -1.30. The van der Waals surface area contributed by atoms with Crippen LogP contribution in [-0.2, 0) is 23.8 Å². The first kappa shape index (κ1) is 19.7. The minimum Gasteiger partial charge on any atom is -0.377 e. The van der Waals surface area contributed by atoms with Crippen molar-refractivity contribution in [3.05, 3.63) is 23.8 Å². The maximum absolute atomic E-state index is 12.0. The number of methoxy groups -OCH3 is 2. The summed E-state index contributed by atoms with van der Waals surface area (Å²) >= 11 is 0. The molecular formula is C18H28O5. The molecule has 130 valence electrons. The molecule has 0 heterocycles. The van der Waals surface area contributed by atoms with Crippen LogP contribution < -0.4 is 0 Å². The maximum atomic E-state index is 12.0. The Balaban J connectivity index is 2.32. The van der Waals surface area contributed by atoms with E-state index >= 15 is 0 Å². The maximum Gasteiger partial charge on any atom is 0.163 e. The van der Waals surface area contributed by atoms with Crippen molar-refractivity contribution in [2.75, 3.05) is 20.8 Å². The van der Waals surface area contributed by atoms with Gasteiger partial charge in [0.25, 0.3) is 0 Å². The van der Waals surface area contributed by atoms with Gasteiger partial charge in [-0.05, 0) is 44.8 Å². The second-order valence-electron chi connectivity index (χ2n) is 6.12. The van der Waals surface area contributed by atoms with E-state index in [0.29, 0.717) is 19.3 Å². The summed E-state index contributed by atoms with van der Waals surface area (Å²) in [6.07, 6.45) is 8.81. The Kier molecular flexibility index (Phi) is 8.37. The van der Waals surface area contributed by atoms with Crippen molar-refractivity contribution in [2.24, 2.45) is 0 Å². The number of allylic oxidation sites excluding steroid dienone is 3. The number of hydrogen-bond acceptors (Lipinski definition) is 5. The molecule has 0 amide bonds. The van der Waals surface area contributed by atoms with Crippen LogP contribution in [-0.4, -0.2) is 44.3 Å². The zero-order valence-electron chi connectivity index (χ0n) is 14.6. The molecule has 0 radical (unpaired) electrons. The number of carbonyl (C=O) groups is 2. The van der Waals surface area contributed by atoms with Crippen molar-refractivity contribution in [1.29, 1.82) is 0 Å². The van der Waals surface area contributed by atoms with E-state index in [2.05, 4.69) is 0 Å². The third-order valence-electron chi connectivity index (χ3n) is 3.69. The van der Waals surface area contributed by atoms with E-state index in [1.54, 1.807) is 7.11 Å². The molecule has 0 aromatic rings. The summed E-state index contributed by atoms with van der Waals surface area (Å²) in [5.41, 5.74) is 0.786. The van der Waals surface area contributed by atoms with E-state index < -0.39 is 5.79 Å². The fourth-order valence-electron chi connectivity index (χ4n) is 2.34. The summed E-state index contributed by atoms with van der Waals surface area (Å²) in [6, 6.07) is 0. The minimum atomic E-state index is -0.693. The zero-order valence-corrected chi connectivity index (χ0v) is 14.6. The molecule has 5 nitrogen and oxygen atoms in total. The van der Waals surface area contributed by atoms with Crippen molar-refractivity contribution in [2.45, 2.75) is 57.8 Å². The van der Waals surface area contributed by atoms with E-state index in [9.17, 15) is 9.59 Å². The van der Waals surface area contributed by atoms with E-state index in [0.717, 1.165) is 18.4 Å². The van der Waals surface area contributed by atoms with Gasteiger partial charge in [0.2, 0.25) is 0 Å². The van der Waals surface area contributed by atoms with Gasteiger partial charge in [0.05, 0.1) is 6.10 Å². The van der Waals surface area contributed by atoms with Crippen molar-refractivity contribution in [3.8, 4) is 0 Å². The monoisotopic (exact) mass is 324 g/mol. The van der Waals surface area contributed by atoms with Gasteiger partial charge in [0, 0.05) is 27.1 Å². The first-order valence-corrected chi connectivity index (χ1v) is 8.00. The predicted octanol–water partition coefficient (Wildman–Crippen LogP) is 2.99. The van der Waals surface area contributed by atoms with Crippen LogP contribution in [0.15, 0.2) is 23.8 Å². The molecule has 0 aromatic heterocycles. The fraction of sp³-hybridized carbons (Fsp3) is 0.667. The molecular weight excluding hydrogens is 296 g/mol. The first-order chi connectivity index (χ1) is 10.9. The topological polar surface area (TPSA) is 61.8 Å². The molecule has 5 heteroatoms. The third-order valence-corrected chi connectivity index (χ3v) is 3.69. The quantitative estimate of drug-likeness (QED) is 0.332. The second-order valence-corrected chi connectivity index (χ2v) is 6.12. The molecule has 0 aliphatic heterocycles. The Labute approximate surface area is 138 Å². The van der Waals surface area contributed by atoms with Crippen molar-refractivity contribution in [3.63, 3.8) is 0 Å². The lowest BCUT2D eigenvalue weighted by atomic mass is 10.1. The lowest BCUT2D eigenvalue weighted by Gasteiger charge is -2.26. The highest BCUT2D eigenvalue weighted by molar-refractivity contribution is 5.98. The van der Waals surface area contributed by atoms with Crippen LogP contribution in [0.1, 0.15) is 46.0 Å². The van der Waals surface area contributed by atoms with E-state index in [1.807, 2.05) is 32.1 Å². The van der Waals surface area contributed by atoms with Gasteiger partial charge in [-0.2, -0.15) is 0 Å². The summed E-state index contributed by atoms with van der Waals surface area (Å²) in [7, 11) is 3.11. The Morgan fingerprint density at radius 1 is 1.35 bits per heavy atom. The highest BCUT2D eigenvalue weighted by atomic mass is 16.7. The normalized spacial score (nSPS) is 18.7. The molecule has 1 aliphatic rings. The Morgan fingerprint density at radius 3 is 2.74 bits per heavy atom. The Bertz CT molecular complexity index is 462. The molecule has 1 aliphatic carbocycles. The van der Waals surface area contributed by atoms with Gasteiger partial charge in [0.15, 0.2) is 17.4 Å². The molecule has 23 heavy (non-hydrogen) atoms. The highest BCUT2D eigenvalue weighted by Gasteiger charge is 2.29. The van der Waals surface area contributed by atoms with E-state index in [1.165, 1.54) is 7.11 Å². The summed E-state index contributed by atoms with van der Waals surface area (Å²) in [4.78, 5) is 23.2. The van der Waals surface area contributed by atoms with Crippen LogP contribution >= 0.6 is 0 Å². The van der Waals surface area contributed by atoms with Gasteiger partial charge in [0.1, 0.15) is 6.61 Å². The summed E-state index contributed by atoms with van der Waals surface area (Å²) in [5.74, 6) is -0.446. The average Bonchev–Trinajstić information content (AvgIpc) is 2.82. The highest BCUT2D eigenvalue weighted by Crippen LogP contribution is 2.25. The van der Waals surface area contributed by atoms with Crippen molar-refractivity contribution < 1.29 is 23.8 Å². The third kappa shape index (κ3) is 7.68. The van der Waals surface area contributed by atoms with Crippen LogP contribution in [0, 0.1) is 0 Å². The van der Waals surface area contributed by atoms with Gasteiger partial charge in [-0.15, -0.1) is 0 Å². The number of Topliss-reactive ketones (excluding diaryl/α,β-unsaturated/α-hetero) is 2. The average molecular weight is 324 g/mol. The second kappa shape index (κ2) is 9.75. The van der Waals surface area contributed by atoms with Crippen molar-refractivity contribution >= 4 is 11.6 Å². The largest absolute Gasteiger partial charge is 0.377 e. The molecule has 0 N–H and O–H groups in total. The van der Waals surface area contributed by atoms with Crippen LogP contribution in [0.5, 0.6) is 0 Å². The molecule has 1 rings (SSSR count). The SMILES string of the molecule is COCC(=O)CCC/C=C\CC1=CC(OC(C)(C)OC)CC1=O. The van der Waals surface area contributed by atoms with E-state index in [4.69, 9.17) is 14.2 Å². The van der Waals surface area contributed by atoms with Gasteiger partial charge in [-0.25, -0.2) is 0 Å². The summed E-state index contributed by atoms with van der Waals surface area (Å²) in [6.45, 7) is 3.84. The molecule has 0 saturated carbocycles. The smallest absolute Gasteiger partial charge is 0.163 e. The summed E-state index contributed by atoms with van der Waals surface area (Å²) in [5, 5.41) is 0. The van der Waals surface area contributed by atoms with Gasteiger partial charge < -0.3 is 14.2 Å². The molecule has 0 spiro atoms. The molecule has 0 saturated heterocycles. The van der Waals surface area contributed by atoms with Gasteiger partial charge in [-0.3, -0.25) is 9.59 Å². The summed E-state index contributed by atoms with van der Waals surface area (Å²) < 4.78 is 15.7. The molecule has 0 bridgehead atoms. The number of unbranched alkanes of at least 4 members (excludes halogenated alkanes) is 1. The van der Waals surface area contributed by atoms with Crippen LogP contribution in [0.25, 0.3) is 0 Å². The van der Waals surface area contributed by atoms with Crippen LogP contribution in [0.4, 0.5) is 0 Å². The van der Waals surface area contributed by atoms with Gasteiger partial charge >= 0.3 is 0 Å². The van der Waals surface area contributed by atoms with Crippen LogP contribution in [0.2, 0.25) is 0 Å². The first-order valence-electron chi connectivity index (χ1n) is 8.00. The van der Waals surface area contributed by atoms with Crippen molar-refractivity contribution in [1.82, 2.24) is 0 Å². The van der Waals surface area contributed by atoms with Crippen LogP contribution in [0.3, 0.4) is 0 Å². The molecule has 1 atom stereocenters. The number of rotatable bonds is 11. The zero-order chi connectivity index (χ0) is 17.3. The standard InChI is InChI=1S/C18H28O5/c1-18(2,22-4)23-16-11-14(17(20)12-16)9-7-5-6-8-10-15(19)13-21-3/h5,7,11,16H,6,8-10,12-13H2,1-4H3/b7-5-. The fourth-order valence-corrected chi connectivity index (χ4v) is 2.34. The lowest BCUT2D eigenvalue weighted by molar-refractivity contribution is -0.212. The minimum absolute atomic E-state index is 0.121. The number of ether oxygens (including phenoxy) is 3. The number of hydrogen-bond donors (Lipinski definition) is 0. The lowest BCUT2D eigenvalue weighted by Crippen LogP contribution is -2.31. The molecule has 0 fully saturated rings. The predicted molar refractivity (Wildman–Crippen MR) is 88.2 cm³/mol. The van der Waals surface area contributed by atoms with E-state index in [-0.39, 0.29) is 24.3 Å². The van der Waals surface area contributed by atoms with Gasteiger partial charge in [-0.1, -0.05) is 12.2 Å².